The summed E-state index contributed by atoms with van der Waals surface area (Å²) in [4.78, 5) is 47.2. The number of rotatable bonds is 6. The van der Waals surface area contributed by atoms with Crippen LogP contribution in [-0.2, 0) is 14.3 Å². The van der Waals surface area contributed by atoms with E-state index in [0.717, 1.165) is 11.1 Å². The molecule has 0 bridgehead atoms. The molecule has 2 atom stereocenters. The van der Waals surface area contributed by atoms with Crippen molar-refractivity contribution in [3.63, 3.8) is 0 Å². The van der Waals surface area contributed by atoms with Crippen molar-refractivity contribution >= 4 is 29.4 Å². The highest BCUT2D eigenvalue weighted by Gasteiger charge is 2.32. The average Bonchev–Trinajstić information content (AvgIpc) is 3.45. The summed E-state index contributed by atoms with van der Waals surface area (Å²) in [6.45, 7) is 4.67. The van der Waals surface area contributed by atoms with Crippen LogP contribution >= 0.6 is 0 Å². The first kappa shape index (κ1) is 22.3. The summed E-state index contributed by atoms with van der Waals surface area (Å²) in [6.07, 6.45) is 3.39. The molecule has 10 heteroatoms. The third-order valence-corrected chi connectivity index (χ3v) is 5.41. The van der Waals surface area contributed by atoms with Crippen LogP contribution in [0.15, 0.2) is 48.8 Å². The molecular formula is C23H25N5O5. The Labute approximate surface area is 191 Å². The van der Waals surface area contributed by atoms with E-state index in [9.17, 15) is 14.4 Å². The summed E-state index contributed by atoms with van der Waals surface area (Å²) in [5.74, 6) is 0.285. The zero-order valence-electron chi connectivity index (χ0n) is 18.4. The Morgan fingerprint density at radius 2 is 1.97 bits per heavy atom. The molecule has 4 rings (SSSR count). The normalized spacial score (nSPS) is 18.5. The molecule has 10 nitrogen and oxygen atoms in total. The predicted octanol–water partition coefficient (Wildman–Crippen LogP) is 2.53. The number of hydrogen-bond donors (Lipinski definition) is 1. The molecule has 1 aromatic heterocycles. The van der Waals surface area contributed by atoms with E-state index in [0.29, 0.717) is 31.1 Å². The largest absolute Gasteiger partial charge is 0.442 e. The summed E-state index contributed by atoms with van der Waals surface area (Å²) in [5.41, 5.74) is 2.66. The fraction of sp³-hybridized carbons (Fsp3) is 0.348. The van der Waals surface area contributed by atoms with E-state index in [1.807, 2.05) is 30.3 Å². The zero-order valence-corrected chi connectivity index (χ0v) is 18.4. The standard InChI is InChI=1S/C23H25N5O5/c1-15(21-24-9-3-10-25-21)32-22(30)27-11-8-18(13-27)17-4-6-19(7-5-17)28-14-20(33-23(28)31)12-26-16(2)29/h3-10,15,20H,11-14H2,1-2H3,(H,26,29)/t15?,20-/m0/s1. The fourth-order valence-electron chi connectivity index (χ4n) is 3.65. The van der Waals surface area contributed by atoms with Crippen LogP contribution < -0.4 is 10.2 Å². The Hall–Kier alpha value is -3.95. The van der Waals surface area contributed by atoms with Gasteiger partial charge < -0.3 is 19.7 Å². The van der Waals surface area contributed by atoms with Gasteiger partial charge in [-0.25, -0.2) is 19.6 Å². The second-order valence-electron chi connectivity index (χ2n) is 7.84. The van der Waals surface area contributed by atoms with Gasteiger partial charge in [-0.3, -0.25) is 9.69 Å². The van der Waals surface area contributed by atoms with E-state index in [1.54, 1.807) is 30.3 Å². The Morgan fingerprint density at radius 3 is 2.67 bits per heavy atom. The maximum atomic E-state index is 12.5. The summed E-state index contributed by atoms with van der Waals surface area (Å²) >= 11 is 0. The van der Waals surface area contributed by atoms with E-state index >= 15 is 0 Å². The SMILES string of the molecule is CC(=O)NC[C@H]1CN(c2ccc(C3=CCN(C(=O)OC(C)c4ncccn4)C3)cc2)C(=O)O1. The number of ether oxygens (including phenoxy) is 2. The van der Waals surface area contributed by atoms with Gasteiger partial charge >= 0.3 is 12.2 Å². The number of carbonyl (C=O) groups is 3. The van der Waals surface area contributed by atoms with E-state index in [2.05, 4.69) is 15.3 Å². The fourth-order valence-corrected chi connectivity index (χ4v) is 3.65. The van der Waals surface area contributed by atoms with Gasteiger partial charge in [-0.1, -0.05) is 18.2 Å². The highest BCUT2D eigenvalue weighted by molar-refractivity contribution is 5.90. The van der Waals surface area contributed by atoms with E-state index in [4.69, 9.17) is 9.47 Å². The van der Waals surface area contributed by atoms with Crippen LogP contribution in [0.5, 0.6) is 0 Å². The van der Waals surface area contributed by atoms with Crippen molar-refractivity contribution in [2.75, 3.05) is 31.1 Å². The minimum atomic E-state index is -0.545. The first-order chi connectivity index (χ1) is 15.9. The Balaban J connectivity index is 1.32. The smallest absolute Gasteiger partial charge is 0.414 e. The van der Waals surface area contributed by atoms with E-state index in [1.165, 1.54) is 11.8 Å². The lowest BCUT2D eigenvalue weighted by atomic mass is 10.1. The molecule has 0 radical (unpaired) electrons. The highest BCUT2D eigenvalue weighted by Crippen LogP contribution is 2.27. The van der Waals surface area contributed by atoms with Gasteiger partial charge in [0.05, 0.1) is 13.1 Å². The lowest BCUT2D eigenvalue weighted by Gasteiger charge is -2.19. The van der Waals surface area contributed by atoms with Crippen LogP contribution in [0.3, 0.4) is 0 Å². The van der Waals surface area contributed by atoms with Crippen molar-refractivity contribution in [1.29, 1.82) is 0 Å². The molecule has 1 aromatic carbocycles. The second-order valence-corrected chi connectivity index (χ2v) is 7.84. The van der Waals surface area contributed by atoms with Gasteiger partial charge in [0.1, 0.15) is 6.10 Å². The van der Waals surface area contributed by atoms with Gasteiger partial charge in [0.25, 0.3) is 0 Å². The van der Waals surface area contributed by atoms with Gasteiger partial charge in [0.15, 0.2) is 11.9 Å². The number of amides is 3. The van der Waals surface area contributed by atoms with Crippen molar-refractivity contribution in [1.82, 2.24) is 20.2 Å². The first-order valence-corrected chi connectivity index (χ1v) is 10.6. The Bertz CT molecular complexity index is 1060. The maximum Gasteiger partial charge on any atom is 0.414 e. The monoisotopic (exact) mass is 451 g/mol. The quantitative estimate of drug-likeness (QED) is 0.718. The Morgan fingerprint density at radius 1 is 1.24 bits per heavy atom. The minimum absolute atomic E-state index is 0.167. The molecule has 0 spiro atoms. The molecule has 2 aromatic rings. The van der Waals surface area contributed by atoms with E-state index < -0.39 is 18.3 Å². The summed E-state index contributed by atoms with van der Waals surface area (Å²) < 4.78 is 10.8. The van der Waals surface area contributed by atoms with Crippen LogP contribution in [0.4, 0.5) is 15.3 Å². The van der Waals surface area contributed by atoms with E-state index in [-0.39, 0.29) is 18.6 Å². The van der Waals surface area contributed by atoms with Gasteiger partial charge in [-0.15, -0.1) is 0 Å². The number of anilines is 1. The number of nitrogens with one attached hydrogen (secondary N) is 1. The maximum absolute atomic E-state index is 12.5. The highest BCUT2D eigenvalue weighted by atomic mass is 16.6. The third-order valence-electron chi connectivity index (χ3n) is 5.41. The second kappa shape index (κ2) is 9.68. The molecular weight excluding hydrogens is 426 g/mol. The summed E-state index contributed by atoms with van der Waals surface area (Å²) in [7, 11) is 0. The van der Waals surface area contributed by atoms with Crippen LogP contribution in [-0.4, -0.2) is 65.2 Å². The molecule has 1 fully saturated rings. The number of aromatic nitrogens is 2. The van der Waals surface area contributed by atoms with Gasteiger partial charge in [-0.2, -0.15) is 0 Å². The predicted molar refractivity (Wildman–Crippen MR) is 119 cm³/mol. The zero-order chi connectivity index (χ0) is 23.4. The molecule has 33 heavy (non-hydrogen) atoms. The third kappa shape index (κ3) is 5.28. The molecule has 2 aliphatic rings. The minimum Gasteiger partial charge on any atom is -0.442 e. The molecule has 0 saturated carbocycles. The van der Waals surface area contributed by atoms with Crippen LogP contribution in [0.25, 0.3) is 5.57 Å². The van der Waals surface area contributed by atoms with Crippen molar-refractivity contribution < 1.29 is 23.9 Å². The molecule has 172 valence electrons. The van der Waals surface area contributed by atoms with Gasteiger partial charge in [-0.05, 0) is 36.3 Å². The van der Waals surface area contributed by atoms with Gasteiger partial charge in [0.2, 0.25) is 5.91 Å². The number of benzene rings is 1. The summed E-state index contributed by atoms with van der Waals surface area (Å²) in [6, 6.07) is 9.20. The topological polar surface area (TPSA) is 114 Å². The molecule has 2 aliphatic heterocycles. The van der Waals surface area contributed by atoms with Crippen molar-refractivity contribution in [2.45, 2.75) is 26.1 Å². The number of carbonyl (C=O) groups excluding carboxylic acids is 3. The Kier molecular flexibility index (Phi) is 6.53. The van der Waals surface area contributed by atoms with Crippen LogP contribution in [0.1, 0.15) is 31.3 Å². The molecule has 1 unspecified atom stereocenters. The van der Waals surface area contributed by atoms with Crippen LogP contribution in [0.2, 0.25) is 0 Å². The number of nitrogens with zero attached hydrogens (tertiary/aromatic N) is 4. The number of hydrogen-bond acceptors (Lipinski definition) is 7. The molecule has 0 aliphatic carbocycles. The van der Waals surface area contributed by atoms with Crippen molar-refractivity contribution in [2.24, 2.45) is 0 Å². The van der Waals surface area contributed by atoms with Crippen molar-refractivity contribution in [3.05, 3.63) is 60.2 Å². The van der Waals surface area contributed by atoms with Crippen molar-refractivity contribution in [3.8, 4) is 0 Å². The molecule has 1 N–H and O–H groups in total. The average molecular weight is 451 g/mol. The molecule has 3 amide bonds. The molecule has 1 saturated heterocycles. The van der Waals surface area contributed by atoms with Gasteiger partial charge in [0, 0.05) is 38.1 Å². The summed E-state index contributed by atoms with van der Waals surface area (Å²) in [5, 5.41) is 2.66. The lowest BCUT2D eigenvalue weighted by Crippen LogP contribution is -2.33. The first-order valence-electron chi connectivity index (χ1n) is 10.6. The van der Waals surface area contributed by atoms with Crippen LogP contribution in [0, 0.1) is 0 Å². The lowest BCUT2D eigenvalue weighted by molar-refractivity contribution is -0.119. The molecule has 3 heterocycles. The number of cyclic esters (lactones) is 1.